The van der Waals surface area contributed by atoms with Crippen LogP contribution in [0.25, 0.3) is 0 Å². The topological polar surface area (TPSA) is 105 Å². The number of fused-ring (bicyclic) bond motifs is 1. The van der Waals surface area contributed by atoms with Gasteiger partial charge in [0.05, 0.1) is 43.1 Å². The SMILES string of the molecule is CCOc1ccc(CN2C(=O)c3ccccc3C2=O)cc1C(=O)NC(C)C(=O)N1CCOCC1. The van der Waals surface area contributed by atoms with Crippen molar-refractivity contribution in [2.75, 3.05) is 32.9 Å². The van der Waals surface area contributed by atoms with Gasteiger partial charge in [0.25, 0.3) is 17.7 Å². The monoisotopic (exact) mass is 465 g/mol. The van der Waals surface area contributed by atoms with Gasteiger partial charge in [-0.1, -0.05) is 18.2 Å². The van der Waals surface area contributed by atoms with Crippen LogP contribution in [-0.4, -0.2) is 72.4 Å². The number of hydrogen-bond donors (Lipinski definition) is 1. The summed E-state index contributed by atoms with van der Waals surface area (Å²) in [5.41, 5.74) is 1.56. The molecule has 34 heavy (non-hydrogen) atoms. The van der Waals surface area contributed by atoms with Crippen molar-refractivity contribution in [1.29, 1.82) is 0 Å². The van der Waals surface area contributed by atoms with Crippen LogP contribution in [0, 0.1) is 0 Å². The Morgan fingerprint density at radius 2 is 1.71 bits per heavy atom. The first kappa shape index (κ1) is 23.4. The zero-order valence-electron chi connectivity index (χ0n) is 19.2. The van der Waals surface area contributed by atoms with Crippen LogP contribution >= 0.6 is 0 Å². The molecular formula is C25H27N3O6. The molecule has 0 aliphatic carbocycles. The summed E-state index contributed by atoms with van der Waals surface area (Å²) >= 11 is 0. The number of carbonyl (C=O) groups excluding carboxylic acids is 4. The molecule has 178 valence electrons. The molecule has 1 fully saturated rings. The molecule has 2 aliphatic heterocycles. The third-order valence-electron chi connectivity index (χ3n) is 5.85. The van der Waals surface area contributed by atoms with Crippen molar-refractivity contribution in [3.63, 3.8) is 0 Å². The number of hydrogen-bond acceptors (Lipinski definition) is 6. The van der Waals surface area contributed by atoms with E-state index in [0.717, 1.165) is 4.90 Å². The van der Waals surface area contributed by atoms with Crippen LogP contribution in [-0.2, 0) is 16.1 Å². The zero-order valence-corrected chi connectivity index (χ0v) is 19.2. The van der Waals surface area contributed by atoms with Crippen molar-refractivity contribution in [1.82, 2.24) is 15.1 Å². The average molecular weight is 466 g/mol. The summed E-state index contributed by atoms with van der Waals surface area (Å²) in [7, 11) is 0. The minimum Gasteiger partial charge on any atom is -0.493 e. The van der Waals surface area contributed by atoms with Gasteiger partial charge in [-0.3, -0.25) is 24.1 Å². The second-order valence-corrected chi connectivity index (χ2v) is 8.14. The van der Waals surface area contributed by atoms with E-state index in [1.165, 1.54) is 0 Å². The fourth-order valence-electron chi connectivity index (χ4n) is 4.09. The number of nitrogens with zero attached hydrogens (tertiary/aromatic N) is 2. The molecule has 0 spiro atoms. The van der Waals surface area contributed by atoms with Crippen LogP contribution in [0.2, 0.25) is 0 Å². The Labute approximate surface area is 197 Å². The van der Waals surface area contributed by atoms with Crippen LogP contribution in [0.3, 0.4) is 0 Å². The molecule has 1 atom stereocenters. The predicted molar refractivity (Wildman–Crippen MR) is 123 cm³/mol. The molecule has 1 unspecified atom stereocenters. The van der Waals surface area contributed by atoms with E-state index in [2.05, 4.69) is 5.32 Å². The summed E-state index contributed by atoms with van der Waals surface area (Å²) in [6.07, 6.45) is 0. The van der Waals surface area contributed by atoms with E-state index < -0.39 is 11.9 Å². The van der Waals surface area contributed by atoms with E-state index in [-0.39, 0.29) is 29.8 Å². The van der Waals surface area contributed by atoms with Crippen LogP contribution < -0.4 is 10.1 Å². The lowest BCUT2D eigenvalue weighted by Crippen LogP contribution is -2.50. The Bertz CT molecular complexity index is 1090. The highest BCUT2D eigenvalue weighted by atomic mass is 16.5. The van der Waals surface area contributed by atoms with E-state index in [4.69, 9.17) is 9.47 Å². The molecule has 2 aromatic rings. The second kappa shape index (κ2) is 10.0. The lowest BCUT2D eigenvalue weighted by molar-refractivity contribution is -0.136. The van der Waals surface area contributed by atoms with E-state index in [9.17, 15) is 19.2 Å². The van der Waals surface area contributed by atoms with Crippen molar-refractivity contribution >= 4 is 23.6 Å². The van der Waals surface area contributed by atoms with Crippen LogP contribution in [0.4, 0.5) is 0 Å². The Morgan fingerprint density at radius 1 is 1.06 bits per heavy atom. The zero-order chi connectivity index (χ0) is 24.2. The molecule has 0 radical (unpaired) electrons. The lowest BCUT2D eigenvalue weighted by Gasteiger charge is -2.29. The Balaban J connectivity index is 1.52. The van der Waals surface area contributed by atoms with Gasteiger partial charge < -0.3 is 19.7 Å². The fourth-order valence-corrected chi connectivity index (χ4v) is 4.09. The van der Waals surface area contributed by atoms with Crippen molar-refractivity contribution < 1.29 is 28.7 Å². The standard InChI is InChI=1S/C25H27N3O6/c1-3-34-21-9-8-17(15-28-24(31)18-6-4-5-7-19(18)25(28)32)14-20(21)22(29)26-16(2)23(30)27-10-12-33-13-11-27/h4-9,14,16H,3,10-13,15H2,1-2H3,(H,26,29). The van der Waals surface area contributed by atoms with Gasteiger partial charge in [0.1, 0.15) is 11.8 Å². The molecular weight excluding hydrogens is 438 g/mol. The number of imide groups is 1. The highest BCUT2D eigenvalue weighted by molar-refractivity contribution is 6.21. The maximum Gasteiger partial charge on any atom is 0.261 e. The van der Waals surface area contributed by atoms with Gasteiger partial charge in [-0.2, -0.15) is 0 Å². The second-order valence-electron chi connectivity index (χ2n) is 8.14. The quantitative estimate of drug-likeness (QED) is 0.626. The number of carbonyl (C=O) groups is 4. The van der Waals surface area contributed by atoms with Gasteiger partial charge in [-0.15, -0.1) is 0 Å². The first-order valence-electron chi connectivity index (χ1n) is 11.3. The van der Waals surface area contributed by atoms with E-state index in [0.29, 0.717) is 55.4 Å². The third kappa shape index (κ3) is 4.65. The van der Waals surface area contributed by atoms with E-state index in [1.807, 2.05) is 0 Å². The smallest absolute Gasteiger partial charge is 0.261 e. The first-order valence-corrected chi connectivity index (χ1v) is 11.3. The number of nitrogens with one attached hydrogen (secondary N) is 1. The molecule has 9 nitrogen and oxygen atoms in total. The Hall–Kier alpha value is -3.72. The number of ether oxygens (including phenoxy) is 2. The maximum absolute atomic E-state index is 13.1. The van der Waals surface area contributed by atoms with Crippen molar-refractivity contribution in [3.8, 4) is 5.75 Å². The van der Waals surface area contributed by atoms with Crippen molar-refractivity contribution in [3.05, 3.63) is 64.7 Å². The summed E-state index contributed by atoms with van der Waals surface area (Å²) in [6.45, 7) is 5.72. The summed E-state index contributed by atoms with van der Waals surface area (Å²) in [5.74, 6) is -1.04. The van der Waals surface area contributed by atoms with Crippen LogP contribution in [0.5, 0.6) is 5.75 Å². The molecule has 4 amide bonds. The van der Waals surface area contributed by atoms with Crippen LogP contribution in [0.15, 0.2) is 42.5 Å². The van der Waals surface area contributed by atoms with Gasteiger partial charge in [0.15, 0.2) is 0 Å². The number of morpholine rings is 1. The molecule has 1 N–H and O–H groups in total. The summed E-state index contributed by atoms with van der Waals surface area (Å²) in [4.78, 5) is 54.1. The number of rotatable bonds is 7. The van der Waals surface area contributed by atoms with Gasteiger partial charge in [-0.05, 0) is 43.7 Å². The summed E-state index contributed by atoms with van der Waals surface area (Å²) in [5, 5.41) is 2.75. The largest absolute Gasteiger partial charge is 0.493 e. The Morgan fingerprint density at radius 3 is 2.32 bits per heavy atom. The van der Waals surface area contributed by atoms with E-state index in [1.54, 1.807) is 61.2 Å². The number of amides is 4. The van der Waals surface area contributed by atoms with Crippen molar-refractivity contribution in [2.45, 2.75) is 26.4 Å². The first-order chi connectivity index (χ1) is 16.4. The Kier molecular flexibility index (Phi) is 6.93. The average Bonchev–Trinajstić information content (AvgIpc) is 3.10. The minimum absolute atomic E-state index is 0.0152. The molecule has 2 aromatic carbocycles. The molecule has 1 saturated heterocycles. The van der Waals surface area contributed by atoms with Crippen LogP contribution in [0.1, 0.15) is 50.5 Å². The highest BCUT2D eigenvalue weighted by Crippen LogP contribution is 2.26. The fraction of sp³-hybridized carbons (Fsp3) is 0.360. The van der Waals surface area contributed by atoms with Gasteiger partial charge >= 0.3 is 0 Å². The molecule has 9 heteroatoms. The lowest BCUT2D eigenvalue weighted by atomic mass is 10.1. The maximum atomic E-state index is 13.1. The summed E-state index contributed by atoms with van der Waals surface area (Å²) < 4.78 is 10.9. The normalized spacial score (nSPS) is 16.3. The predicted octanol–water partition coefficient (Wildman–Crippen LogP) is 1.86. The summed E-state index contributed by atoms with van der Waals surface area (Å²) in [6, 6.07) is 10.9. The molecule has 0 aromatic heterocycles. The van der Waals surface area contributed by atoms with Gasteiger partial charge in [-0.25, -0.2) is 0 Å². The molecule has 2 heterocycles. The molecule has 0 bridgehead atoms. The number of benzene rings is 2. The molecule has 2 aliphatic rings. The molecule has 0 saturated carbocycles. The molecule has 4 rings (SSSR count). The third-order valence-corrected chi connectivity index (χ3v) is 5.85. The van der Waals surface area contributed by atoms with Gasteiger partial charge in [0.2, 0.25) is 5.91 Å². The minimum atomic E-state index is -0.736. The highest BCUT2D eigenvalue weighted by Gasteiger charge is 2.35. The van der Waals surface area contributed by atoms with Gasteiger partial charge in [0, 0.05) is 13.1 Å². The van der Waals surface area contributed by atoms with E-state index >= 15 is 0 Å². The van der Waals surface area contributed by atoms with Crippen molar-refractivity contribution in [2.24, 2.45) is 0 Å².